The predicted molar refractivity (Wildman–Crippen MR) is 91.1 cm³/mol. The number of nitrogens with one attached hydrogen (secondary N) is 1. The van der Waals surface area contributed by atoms with E-state index in [0.717, 1.165) is 23.8 Å². The number of hydrogen-bond donors (Lipinski definition) is 2. The van der Waals surface area contributed by atoms with Gasteiger partial charge in [0.1, 0.15) is 11.6 Å². The summed E-state index contributed by atoms with van der Waals surface area (Å²) in [4.78, 5) is 11.8. The summed E-state index contributed by atoms with van der Waals surface area (Å²) in [5.41, 5.74) is 0.473. The van der Waals surface area contributed by atoms with E-state index in [-0.39, 0.29) is 18.2 Å². The highest BCUT2D eigenvalue weighted by Crippen LogP contribution is 2.20. The fourth-order valence-corrected chi connectivity index (χ4v) is 2.67. The first-order valence-corrected chi connectivity index (χ1v) is 9.08. The van der Waals surface area contributed by atoms with Crippen LogP contribution in [0.25, 0.3) is 0 Å². The molecule has 0 radical (unpaired) electrons. The summed E-state index contributed by atoms with van der Waals surface area (Å²) in [6.07, 6.45) is -0.0277. The zero-order valence-corrected chi connectivity index (χ0v) is 14.6. The van der Waals surface area contributed by atoms with Crippen LogP contribution in [0.3, 0.4) is 0 Å². The Labute approximate surface area is 145 Å². The van der Waals surface area contributed by atoms with Crippen LogP contribution in [0.15, 0.2) is 47.4 Å². The first-order chi connectivity index (χ1) is 11.7. The largest absolute Gasteiger partial charge is 0.491 e. The first kappa shape index (κ1) is 18.9. The van der Waals surface area contributed by atoms with Crippen molar-refractivity contribution in [2.24, 2.45) is 5.14 Å². The van der Waals surface area contributed by atoms with Crippen LogP contribution in [0.2, 0.25) is 0 Å². The Bertz CT molecular complexity index is 882. The van der Waals surface area contributed by atoms with Crippen molar-refractivity contribution in [3.63, 3.8) is 0 Å². The zero-order valence-electron chi connectivity index (χ0n) is 13.8. The molecule has 0 bridgehead atoms. The van der Waals surface area contributed by atoms with Gasteiger partial charge in [0.05, 0.1) is 16.6 Å². The minimum Gasteiger partial charge on any atom is -0.491 e. The Kier molecular flexibility index (Phi) is 5.76. The molecule has 0 aliphatic carbocycles. The van der Waals surface area contributed by atoms with Crippen molar-refractivity contribution in [1.82, 2.24) is 5.32 Å². The number of benzene rings is 2. The van der Waals surface area contributed by atoms with E-state index in [1.165, 1.54) is 0 Å². The van der Waals surface area contributed by atoms with Crippen molar-refractivity contribution in [2.45, 2.75) is 31.4 Å². The molecule has 3 N–H and O–H groups in total. The van der Waals surface area contributed by atoms with E-state index in [1.807, 2.05) is 19.9 Å². The maximum Gasteiger partial charge on any atom is 0.254 e. The van der Waals surface area contributed by atoms with Gasteiger partial charge >= 0.3 is 0 Å². The lowest BCUT2D eigenvalue weighted by Crippen LogP contribution is -2.24. The Morgan fingerprint density at radius 1 is 1.24 bits per heavy atom. The highest BCUT2D eigenvalue weighted by molar-refractivity contribution is 7.89. The smallest absolute Gasteiger partial charge is 0.254 e. The number of primary sulfonamides is 1. The van der Waals surface area contributed by atoms with Crippen molar-refractivity contribution >= 4 is 15.9 Å². The zero-order chi connectivity index (χ0) is 18.6. The van der Waals surface area contributed by atoms with Crippen molar-refractivity contribution in [2.75, 3.05) is 0 Å². The molecule has 2 aromatic carbocycles. The molecule has 134 valence electrons. The van der Waals surface area contributed by atoms with Gasteiger partial charge in [-0.25, -0.2) is 17.9 Å². The number of carbonyl (C=O) groups is 1. The molecule has 2 rings (SSSR count). The van der Waals surface area contributed by atoms with Gasteiger partial charge in [-0.1, -0.05) is 18.2 Å². The van der Waals surface area contributed by atoms with Crippen molar-refractivity contribution in [1.29, 1.82) is 0 Å². The SMILES string of the molecule is CC(C)Oc1ccccc1CNC(=O)c1ccc(S(N)(=O)=O)cc1F. The number of amides is 1. The second kappa shape index (κ2) is 7.62. The fourth-order valence-electron chi connectivity index (χ4n) is 2.15. The minimum atomic E-state index is -4.03. The van der Waals surface area contributed by atoms with E-state index in [4.69, 9.17) is 9.88 Å². The van der Waals surface area contributed by atoms with Gasteiger partial charge in [0, 0.05) is 12.1 Å². The van der Waals surface area contributed by atoms with Gasteiger partial charge in [0.25, 0.3) is 5.91 Å². The van der Waals surface area contributed by atoms with Gasteiger partial charge in [-0.05, 0) is 38.1 Å². The molecule has 0 aromatic heterocycles. The number of rotatable bonds is 6. The van der Waals surface area contributed by atoms with Crippen LogP contribution < -0.4 is 15.2 Å². The Morgan fingerprint density at radius 3 is 2.52 bits per heavy atom. The molecule has 0 aliphatic rings. The first-order valence-electron chi connectivity index (χ1n) is 7.53. The Balaban J connectivity index is 2.14. The van der Waals surface area contributed by atoms with Gasteiger partial charge < -0.3 is 10.1 Å². The summed E-state index contributed by atoms with van der Waals surface area (Å²) in [6, 6.07) is 10.1. The molecule has 0 atom stereocenters. The van der Waals surface area contributed by atoms with Gasteiger partial charge in [0.2, 0.25) is 10.0 Å². The standard InChI is InChI=1S/C17H19FN2O4S/c1-11(2)24-16-6-4-3-5-12(16)10-20-17(21)14-8-7-13(9-15(14)18)25(19,22)23/h3-9,11H,10H2,1-2H3,(H,20,21)(H2,19,22,23). The lowest BCUT2D eigenvalue weighted by Gasteiger charge is -2.14. The number of ether oxygens (including phenoxy) is 1. The third-order valence-corrected chi connectivity index (χ3v) is 4.20. The molecule has 0 unspecified atom stereocenters. The molecular formula is C17H19FN2O4S. The van der Waals surface area contributed by atoms with Crippen molar-refractivity contribution in [3.8, 4) is 5.75 Å². The van der Waals surface area contributed by atoms with Crippen LogP contribution in [0.5, 0.6) is 5.75 Å². The third-order valence-electron chi connectivity index (χ3n) is 3.29. The van der Waals surface area contributed by atoms with E-state index >= 15 is 0 Å². The van der Waals surface area contributed by atoms with Crippen LogP contribution in [0.1, 0.15) is 29.8 Å². The van der Waals surface area contributed by atoms with Gasteiger partial charge in [0.15, 0.2) is 0 Å². The molecular weight excluding hydrogens is 347 g/mol. The summed E-state index contributed by atoms with van der Waals surface area (Å²) in [5.74, 6) is -1.00. The maximum absolute atomic E-state index is 14.0. The molecule has 1 amide bonds. The van der Waals surface area contributed by atoms with E-state index in [1.54, 1.807) is 18.2 Å². The highest BCUT2D eigenvalue weighted by atomic mass is 32.2. The molecule has 6 nitrogen and oxygen atoms in total. The molecule has 0 aliphatic heterocycles. The molecule has 0 saturated carbocycles. The Hall–Kier alpha value is -2.45. The summed E-state index contributed by atoms with van der Waals surface area (Å²) >= 11 is 0. The van der Waals surface area contributed by atoms with E-state index in [9.17, 15) is 17.6 Å². The molecule has 0 heterocycles. The minimum absolute atomic E-state index is 0.0277. The van der Waals surface area contributed by atoms with Crippen LogP contribution in [-0.4, -0.2) is 20.4 Å². The number of carbonyl (C=O) groups excluding carboxylic acids is 1. The topological polar surface area (TPSA) is 98.5 Å². The second-order valence-electron chi connectivity index (χ2n) is 5.64. The van der Waals surface area contributed by atoms with E-state index in [2.05, 4.69) is 5.32 Å². The molecule has 25 heavy (non-hydrogen) atoms. The lowest BCUT2D eigenvalue weighted by molar-refractivity contribution is 0.0946. The summed E-state index contributed by atoms with van der Waals surface area (Å²) in [7, 11) is -4.03. The monoisotopic (exact) mass is 366 g/mol. The number of hydrogen-bond acceptors (Lipinski definition) is 4. The number of halogens is 1. The quantitative estimate of drug-likeness (QED) is 0.819. The van der Waals surface area contributed by atoms with Crippen molar-refractivity contribution in [3.05, 3.63) is 59.4 Å². The number of para-hydroxylation sites is 1. The second-order valence-corrected chi connectivity index (χ2v) is 7.21. The Morgan fingerprint density at radius 2 is 1.92 bits per heavy atom. The molecule has 8 heteroatoms. The maximum atomic E-state index is 14.0. The van der Waals surface area contributed by atoms with Gasteiger partial charge in [-0.2, -0.15) is 0 Å². The molecule has 0 spiro atoms. The average Bonchev–Trinajstić information content (AvgIpc) is 2.52. The summed E-state index contributed by atoms with van der Waals surface area (Å²) in [5, 5.41) is 7.52. The number of sulfonamides is 1. The normalized spacial score (nSPS) is 11.4. The van der Waals surface area contributed by atoms with Crippen LogP contribution in [0, 0.1) is 5.82 Å². The summed E-state index contributed by atoms with van der Waals surface area (Å²) < 4.78 is 42.1. The van der Waals surface area contributed by atoms with Crippen LogP contribution in [0.4, 0.5) is 4.39 Å². The third kappa shape index (κ3) is 5.01. The van der Waals surface area contributed by atoms with E-state index < -0.39 is 26.6 Å². The van der Waals surface area contributed by atoms with Crippen LogP contribution >= 0.6 is 0 Å². The van der Waals surface area contributed by atoms with Crippen molar-refractivity contribution < 1.29 is 22.3 Å². The highest BCUT2D eigenvalue weighted by Gasteiger charge is 2.16. The number of nitrogens with two attached hydrogens (primary N) is 1. The lowest BCUT2D eigenvalue weighted by atomic mass is 10.1. The van der Waals surface area contributed by atoms with Gasteiger partial charge in [-0.15, -0.1) is 0 Å². The fraction of sp³-hybridized carbons (Fsp3) is 0.235. The van der Waals surface area contributed by atoms with Crippen LogP contribution in [-0.2, 0) is 16.6 Å². The molecule has 2 aromatic rings. The molecule has 0 fully saturated rings. The summed E-state index contributed by atoms with van der Waals surface area (Å²) in [6.45, 7) is 3.91. The molecule has 0 saturated heterocycles. The van der Waals surface area contributed by atoms with E-state index in [0.29, 0.717) is 5.75 Å². The van der Waals surface area contributed by atoms with Gasteiger partial charge in [-0.3, -0.25) is 4.79 Å². The predicted octanol–water partition coefficient (Wildman–Crippen LogP) is 2.19. The average molecular weight is 366 g/mol.